The number of hydrogen-bond acceptors (Lipinski definition) is 0. The van der Waals surface area contributed by atoms with Gasteiger partial charge in [0, 0.05) is 0 Å². The minimum Gasteiger partial charge on any atom is -0.0909 e. The molecule has 2 aliphatic rings. The van der Waals surface area contributed by atoms with Gasteiger partial charge in [0.15, 0.2) is 0 Å². The van der Waals surface area contributed by atoms with E-state index in [1.165, 1.54) is 33.4 Å². The molecule has 0 aliphatic heterocycles. The first-order chi connectivity index (χ1) is 7.58. The molecular formula is C16H14. The molecule has 0 heteroatoms. The lowest BCUT2D eigenvalue weighted by molar-refractivity contribution is 1.54. The number of fused-ring (bicyclic) bond motifs is 2. The van der Waals surface area contributed by atoms with Crippen molar-refractivity contribution in [3.63, 3.8) is 0 Å². The molecule has 0 saturated heterocycles. The fourth-order valence-corrected chi connectivity index (χ4v) is 2.46. The summed E-state index contributed by atoms with van der Waals surface area (Å²) in [7, 11) is 0. The Balaban J connectivity index is 2.27. The molecular weight excluding hydrogens is 192 g/mol. The van der Waals surface area contributed by atoms with E-state index in [2.05, 4.69) is 51.3 Å². The lowest BCUT2D eigenvalue weighted by Crippen LogP contribution is -1.87. The lowest BCUT2D eigenvalue weighted by atomic mass is 9.97. The van der Waals surface area contributed by atoms with Gasteiger partial charge in [-0.25, -0.2) is 0 Å². The van der Waals surface area contributed by atoms with Crippen LogP contribution < -0.4 is 0 Å². The Morgan fingerprint density at radius 3 is 1.50 bits per heavy atom. The topological polar surface area (TPSA) is 0 Å². The first-order valence-electron chi connectivity index (χ1n) is 5.52. The molecule has 16 heavy (non-hydrogen) atoms. The van der Waals surface area contributed by atoms with E-state index in [9.17, 15) is 0 Å². The average Bonchev–Trinajstić information content (AvgIpc) is 2.67. The van der Waals surface area contributed by atoms with Crippen molar-refractivity contribution in [2.45, 2.75) is 13.8 Å². The van der Waals surface area contributed by atoms with Crippen molar-refractivity contribution in [3.05, 3.63) is 58.7 Å². The van der Waals surface area contributed by atoms with E-state index in [-0.39, 0.29) is 0 Å². The van der Waals surface area contributed by atoms with E-state index in [0.29, 0.717) is 0 Å². The Labute approximate surface area is 96.3 Å². The number of rotatable bonds is 0. The second kappa shape index (κ2) is 2.85. The van der Waals surface area contributed by atoms with Crippen molar-refractivity contribution in [1.29, 1.82) is 0 Å². The molecule has 78 valence electrons. The fraction of sp³-hybridized carbons (Fsp3) is 0.125. The summed E-state index contributed by atoms with van der Waals surface area (Å²) in [5.41, 5.74) is 9.96. The van der Waals surface area contributed by atoms with Crippen LogP contribution >= 0.6 is 0 Å². The molecule has 1 aromatic carbocycles. The van der Waals surface area contributed by atoms with Crippen LogP contribution in [0.3, 0.4) is 0 Å². The highest BCUT2D eigenvalue weighted by atomic mass is 14.2. The summed E-state index contributed by atoms with van der Waals surface area (Å²) >= 11 is 0. The Bertz CT molecular complexity index is 551. The van der Waals surface area contributed by atoms with Gasteiger partial charge in [0.25, 0.3) is 0 Å². The summed E-state index contributed by atoms with van der Waals surface area (Å²) in [4.78, 5) is 0. The molecule has 3 rings (SSSR count). The summed E-state index contributed by atoms with van der Waals surface area (Å²) in [6.45, 7) is 12.5. The minimum absolute atomic E-state index is 1.15. The van der Waals surface area contributed by atoms with Crippen molar-refractivity contribution in [2.75, 3.05) is 0 Å². The van der Waals surface area contributed by atoms with Crippen LogP contribution in [0.1, 0.15) is 36.1 Å². The van der Waals surface area contributed by atoms with Gasteiger partial charge in [-0.05, 0) is 70.5 Å². The third kappa shape index (κ3) is 1.04. The summed E-state index contributed by atoms with van der Waals surface area (Å²) in [6.07, 6.45) is 4.41. The van der Waals surface area contributed by atoms with E-state index in [4.69, 9.17) is 0 Å². The number of allylic oxidation sites excluding steroid dienone is 4. The Morgan fingerprint density at radius 2 is 1.12 bits per heavy atom. The fourth-order valence-electron chi connectivity index (χ4n) is 2.46. The summed E-state index contributed by atoms with van der Waals surface area (Å²) in [5, 5.41) is 0. The SMILES string of the molecule is C=C1C(C)=Cc2cc3c(cc21)C=C(C)C3=C. The molecule has 0 aromatic heterocycles. The monoisotopic (exact) mass is 206 g/mol. The van der Waals surface area contributed by atoms with Gasteiger partial charge in [0.2, 0.25) is 0 Å². The largest absolute Gasteiger partial charge is 0.0909 e. The van der Waals surface area contributed by atoms with Gasteiger partial charge in [-0.3, -0.25) is 0 Å². The molecule has 0 N–H and O–H groups in total. The van der Waals surface area contributed by atoms with Gasteiger partial charge < -0.3 is 0 Å². The van der Waals surface area contributed by atoms with Gasteiger partial charge in [-0.1, -0.05) is 25.3 Å². The molecule has 0 bridgehead atoms. The normalized spacial score (nSPS) is 17.1. The standard InChI is InChI=1S/C16H14/c1-9-5-13-7-16-12(4)10(2)6-14(16)8-15(13)11(9)3/h5-8H,3-4H2,1-2H3. The highest BCUT2D eigenvalue weighted by Crippen LogP contribution is 2.41. The van der Waals surface area contributed by atoms with Gasteiger partial charge in [0.1, 0.15) is 0 Å². The maximum atomic E-state index is 4.13. The zero-order chi connectivity index (χ0) is 11.4. The van der Waals surface area contributed by atoms with Crippen molar-refractivity contribution >= 4 is 23.3 Å². The summed E-state index contributed by atoms with van der Waals surface area (Å²) in [6, 6.07) is 4.48. The molecule has 0 radical (unpaired) electrons. The van der Waals surface area contributed by atoms with Crippen molar-refractivity contribution < 1.29 is 0 Å². The lowest BCUT2D eigenvalue weighted by Gasteiger charge is -2.06. The molecule has 0 atom stereocenters. The first kappa shape index (κ1) is 9.41. The van der Waals surface area contributed by atoms with E-state index in [0.717, 1.165) is 11.1 Å². The van der Waals surface area contributed by atoms with E-state index in [1.807, 2.05) is 0 Å². The molecule has 0 unspecified atom stereocenters. The van der Waals surface area contributed by atoms with E-state index < -0.39 is 0 Å². The van der Waals surface area contributed by atoms with Gasteiger partial charge in [0.05, 0.1) is 0 Å². The van der Waals surface area contributed by atoms with Crippen LogP contribution in [-0.2, 0) is 0 Å². The van der Waals surface area contributed by atoms with Gasteiger partial charge in [-0.15, -0.1) is 0 Å². The number of hydrogen-bond donors (Lipinski definition) is 0. The zero-order valence-corrected chi connectivity index (χ0v) is 9.72. The average molecular weight is 206 g/mol. The smallest absolute Gasteiger partial charge is 0.0108 e. The quantitative estimate of drug-likeness (QED) is 0.584. The third-order valence-corrected chi connectivity index (χ3v) is 3.57. The minimum atomic E-state index is 1.15. The predicted octanol–water partition coefficient (Wildman–Crippen LogP) is 4.55. The van der Waals surface area contributed by atoms with Crippen LogP contribution in [0.2, 0.25) is 0 Å². The van der Waals surface area contributed by atoms with Crippen molar-refractivity contribution in [2.24, 2.45) is 0 Å². The maximum Gasteiger partial charge on any atom is -0.0108 e. The van der Waals surface area contributed by atoms with Crippen LogP contribution in [0, 0.1) is 0 Å². The maximum absolute atomic E-state index is 4.13. The summed E-state index contributed by atoms with van der Waals surface area (Å²) < 4.78 is 0. The Hall–Kier alpha value is -1.82. The van der Waals surface area contributed by atoms with Crippen LogP contribution in [0.5, 0.6) is 0 Å². The Morgan fingerprint density at radius 1 is 0.750 bits per heavy atom. The molecule has 0 saturated carbocycles. The number of benzene rings is 1. The first-order valence-corrected chi connectivity index (χ1v) is 5.52. The van der Waals surface area contributed by atoms with E-state index >= 15 is 0 Å². The van der Waals surface area contributed by atoms with Crippen LogP contribution in [0.4, 0.5) is 0 Å². The van der Waals surface area contributed by atoms with Crippen LogP contribution in [0.15, 0.2) is 36.4 Å². The van der Waals surface area contributed by atoms with Crippen molar-refractivity contribution in [3.8, 4) is 0 Å². The van der Waals surface area contributed by atoms with Crippen LogP contribution in [0.25, 0.3) is 23.3 Å². The highest BCUT2D eigenvalue weighted by molar-refractivity contribution is 5.99. The molecule has 1 aromatic rings. The van der Waals surface area contributed by atoms with Gasteiger partial charge in [-0.2, -0.15) is 0 Å². The van der Waals surface area contributed by atoms with Gasteiger partial charge >= 0.3 is 0 Å². The van der Waals surface area contributed by atoms with E-state index in [1.54, 1.807) is 0 Å². The molecule has 0 nitrogen and oxygen atoms in total. The molecule has 0 heterocycles. The molecule has 0 spiro atoms. The zero-order valence-electron chi connectivity index (χ0n) is 9.72. The second-order valence-corrected chi connectivity index (χ2v) is 4.64. The molecule has 0 fully saturated rings. The van der Waals surface area contributed by atoms with Crippen molar-refractivity contribution in [1.82, 2.24) is 0 Å². The van der Waals surface area contributed by atoms with Crippen LogP contribution in [-0.4, -0.2) is 0 Å². The molecule has 0 amide bonds. The predicted molar refractivity (Wildman–Crippen MR) is 71.8 cm³/mol. The summed E-state index contributed by atoms with van der Waals surface area (Å²) in [5.74, 6) is 0. The molecule has 2 aliphatic carbocycles. The highest BCUT2D eigenvalue weighted by Gasteiger charge is 2.20. The third-order valence-electron chi connectivity index (χ3n) is 3.57. The second-order valence-electron chi connectivity index (χ2n) is 4.64. The Kier molecular flexibility index (Phi) is 1.68.